The Bertz CT molecular complexity index is 616. The summed E-state index contributed by atoms with van der Waals surface area (Å²) in [5.74, 6) is 0.0262. The number of amides is 1. The van der Waals surface area contributed by atoms with Crippen molar-refractivity contribution >= 4 is 17.2 Å². The summed E-state index contributed by atoms with van der Waals surface area (Å²) in [7, 11) is 4.75. The summed E-state index contributed by atoms with van der Waals surface area (Å²) in [6.07, 6.45) is 2.22. The number of thiophene rings is 1. The highest BCUT2D eigenvalue weighted by Gasteiger charge is 2.38. The first-order chi connectivity index (χ1) is 13.5. The molecule has 1 aromatic rings. The maximum atomic E-state index is 13.0. The van der Waals surface area contributed by atoms with Crippen LogP contribution in [0.3, 0.4) is 0 Å². The number of ether oxygens (including phenoxy) is 4. The Morgan fingerprint density at radius 2 is 2.14 bits per heavy atom. The molecule has 0 aliphatic carbocycles. The van der Waals surface area contributed by atoms with Crippen LogP contribution >= 0.6 is 11.3 Å². The highest BCUT2D eigenvalue weighted by atomic mass is 32.1. The van der Waals surface area contributed by atoms with E-state index < -0.39 is 12.6 Å². The lowest BCUT2D eigenvalue weighted by Crippen LogP contribution is -2.41. The van der Waals surface area contributed by atoms with E-state index in [2.05, 4.69) is 11.4 Å². The molecule has 0 radical (unpaired) electrons. The number of hydrogen-bond acceptors (Lipinski definition) is 7. The van der Waals surface area contributed by atoms with E-state index in [1.54, 1.807) is 18.4 Å². The smallest absolute Gasteiger partial charge is 0.288 e. The van der Waals surface area contributed by atoms with E-state index in [0.29, 0.717) is 13.0 Å². The number of allylic oxidation sites excluding steroid dienone is 1. The van der Waals surface area contributed by atoms with Gasteiger partial charge in [-0.3, -0.25) is 4.79 Å². The Morgan fingerprint density at radius 3 is 2.71 bits per heavy atom. The fraction of sp³-hybridized carbons (Fsp3) is 0.650. The molecule has 158 valence electrons. The largest absolute Gasteiger partial charge is 0.459 e. The monoisotopic (exact) mass is 413 g/mol. The van der Waals surface area contributed by atoms with Crippen molar-refractivity contribution in [2.45, 2.75) is 38.3 Å². The van der Waals surface area contributed by atoms with Crippen LogP contribution in [-0.4, -0.2) is 69.5 Å². The number of nitrogens with zero attached hydrogens (tertiary/aromatic N) is 1. The second-order valence-corrected chi connectivity index (χ2v) is 7.45. The Kier molecular flexibility index (Phi) is 9.40. The highest BCUT2D eigenvalue weighted by Crippen LogP contribution is 2.40. The quantitative estimate of drug-likeness (QED) is 0.562. The molecule has 0 saturated heterocycles. The zero-order valence-electron chi connectivity index (χ0n) is 17.0. The number of hydrogen-bond donors (Lipinski definition) is 1. The van der Waals surface area contributed by atoms with Gasteiger partial charge in [-0.15, -0.1) is 0 Å². The molecule has 1 aliphatic rings. The lowest BCUT2D eigenvalue weighted by atomic mass is 9.81. The van der Waals surface area contributed by atoms with Crippen LogP contribution in [-0.2, 0) is 23.7 Å². The van der Waals surface area contributed by atoms with E-state index >= 15 is 0 Å². The van der Waals surface area contributed by atoms with Crippen LogP contribution in [0.15, 0.2) is 28.7 Å². The van der Waals surface area contributed by atoms with E-state index in [1.807, 2.05) is 18.4 Å². The minimum Gasteiger partial charge on any atom is -0.459 e. The van der Waals surface area contributed by atoms with Gasteiger partial charge in [0.2, 0.25) is 6.29 Å². The average molecular weight is 414 g/mol. The molecule has 1 aromatic heterocycles. The van der Waals surface area contributed by atoms with Crippen LogP contribution < -0.4 is 0 Å². The summed E-state index contributed by atoms with van der Waals surface area (Å²) in [5, 5.41) is 13.4. The van der Waals surface area contributed by atoms with Crippen molar-refractivity contribution in [1.29, 1.82) is 0 Å². The number of methoxy groups -OCH3 is 2. The minimum absolute atomic E-state index is 0.0175. The molecule has 0 saturated carbocycles. The van der Waals surface area contributed by atoms with Gasteiger partial charge in [-0.25, -0.2) is 0 Å². The summed E-state index contributed by atoms with van der Waals surface area (Å²) in [4.78, 5) is 14.5. The van der Waals surface area contributed by atoms with Crippen molar-refractivity contribution in [3.63, 3.8) is 0 Å². The van der Waals surface area contributed by atoms with Crippen molar-refractivity contribution in [3.8, 4) is 0 Å². The summed E-state index contributed by atoms with van der Waals surface area (Å²) >= 11 is 1.62. The highest BCUT2D eigenvalue weighted by molar-refractivity contribution is 7.08. The van der Waals surface area contributed by atoms with E-state index in [1.165, 1.54) is 19.1 Å². The topological polar surface area (TPSA) is 77.5 Å². The third-order valence-corrected chi connectivity index (χ3v) is 5.55. The van der Waals surface area contributed by atoms with E-state index in [9.17, 15) is 9.90 Å². The van der Waals surface area contributed by atoms with Crippen LogP contribution in [0.4, 0.5) is 0 Å². The third-order valence-electron chi connectivity index (χ3n) is 4.85. The number of aliphatic hydroxyl groups is 1. The molecule has 2 heterocycles. The Hall–Kier alpha value is -1.45. The Morgan fingerprint density at radius 1 is 1.39 bits per heavy atom. The first-order valence-corrected chi connectivity index (χ1v) is 10.4. The molecule has 0 bridgehead atoms. The molecule has 3 atom stereocenters. The second-order valence-electron chi connectivity index (χ2n) is 6.67. The lowest BCUT2D eigenvalue weighted by molar-refractivity contribution is -0.172. The van der Waals surface area contributed by atoms with Crippen LogP contribution in [0.5, 0.6) is 0 Å². The van der Waals surface area contributed by atoms with E-state index in [0.717, 1.165) is 12.0 Å². The predicted molar refractivity (Wildman–Crippen MR) is 107 cm³/mol. The molecule has 28 heavy (non-hydrogen) atoms. The van der Waals surface area contributed by atoms with Crippen molar-refractivity contribution in [2.75, 3.05) is 41.0 Å². The predicted octanol–water partition coefficient (Wildman–Crippen LogP) is 2.57. The van der Waals surface area contributed by atoms with Gasteiger partial charge in [-0.1, -0.05) is 0 Å². The number of carbonyl (C=O) groups excluding carboxylic acids is 1. The number of carbonyl (C=O) groups is 1. The Balaban J connectivity index is 2.28. The summed E-state index contributed by atoms with van der Waals surface area (Å²) in [6.45, 7) is 2.77. The standard InChI is InChI=1S/C20H31NO6S/c1-5-26-20-15(7-6-9-22)16(14-8-10-28-13-14)11-17(27-20)19(23)21(2)12-18(24-3)25-4/h8,10-11,13,15-16,18,20,22H,5-7,9,12H2,1-4H3/t15-,16-,20-/m0/s1. The molecular weight excluding hydrogens is 382 g/mol. The van der Waals surface area contributed by atoms with Crippen LogP contribution in [0.25, 0.3) is 0 Å². The summed E-state index contributed by atoms with van der Waals surface area (Å²) < 4.78 is 22.2. The molecule has 1 aliphatic heterocycles. The second kappa shape index (κ2) is 11.5. The van der Waals surface area contributed by atoms with Crippen LogP contribution in [0, 0.1) is 5.92 Å². The fourth-order valence-corrected chi connectivity index (χ4v) is 4.05. The molecule has 0 aromatic carbocycles. The minimum atomic E-state index is -0.542. The van der Waals surface area contributed by atoms with Crippen LogP contribution in [0.1, 0.15) is 31.2 Å². The van der Waals surface area contributed by atoms with Crippen molar-refractivity contribution in [3.05, 3.63) is 34.2 Å². The zero-order valence-corrected chi connectivity index (χ0v) is 17.8. The van der Waals surface area contributed by atoms with Gasteiger partial charge in [-0.2, -0.15) is 11.3 Å². The van der Waals surface area contributed by atoms with E-state index in [4.69, 9.17) is 18.9 Å². The number of likely N-dealkylation sites (N-methyl/N-ethyl adjacent to an activating group) is 1. The average Bonchev–Trinajstić information content (AvgIpc) is 3.24. The molecule has 2 rings (SSSR count). The molecule has 8 heteroatoms. The van der Waals surface area contributed by atoms with Crippen LogP contribution in [0.2, 0.25) is 0 Å². The zero-order chi connectivity index (χ0) is 20.5. The SMILES string of the molecule is CCO[C@H]1OC(C(=O)N(C)CC(OC)OC)=C[C@@H](c2ccsc2)[C@@H]1CCCO. The van der Waals surface area contributed by atoms with Gasteiger partial charge in [0.1, 0.15) is 0 Å². The number of aliphatic hydroxyl groups excluding tert-OH is 1. The fourth-order valence-electron chi connectivity index (χ4n) is 3.34. The summed E-state index contributed by atoms with van der Waals surface area (Å²) in [5.41, 5.74) is 1.13. The molecule has 1 N–H and O–H groups in total. The lowest BCUT2D eigenvalue weighted by Gasteiger charge is -2.37. The molecule has 0 unspecified atom stereocenters. The molecular formula is C20H31NO6S. The first kappa shape index (κ1) is 22.8. The normalized spacial score (nSPS) is 22.1. The first-order valence-electron chi connectivity index (χ1n) is 9.49. The molecule has 0 spiro atoms. The van der Waals surface area contributed by atoms with Gasteiger partial charge < -0.3 is 29.0 Å². The molecule has 7 nitrogen and oxygen atoms in total. The van der Waals surface area contributed by atoms with Gasteiger partial charge in [-0.05, 0) is 48.2 Å². The summed E-state index contributed by atoms with van der Waals surface area (Å²) in [6, 6.07) is 2.06. The van der Waals surface area contributed by atoms with Gasteiger partial charge in [0, 0.05) is 46.3 Å². The third kappa shape index (κ3) is 5.78. The van der Waals surface area contributed by atoms with Crippen molar-refractivity contribution in [1.82, 2.24) is 4.90 Å². The maximum Gasteiger partial charge on any atom is 0.288 e. The Labute approximate surface area is 170 Å². The van der Waals surface area contributed by atoms with Crippen molar-refractivity contribution in [2.24, 2.45) is 5.92 Å². The number of rotatable bonds is 11. The van der Waals surface area contributed by atoms with Gasteiger partial charge >= 0.3 is 0 Å². The van der Waals surface area contributed by atoms with Gasteiger partial charge in [0.15, 0.2) is 12.0 Å². The van der Waals surface area contributed by atoms with Gasteiger partial charge in [0.05, 0.1) is 6.54 Å². The molecule has 1 amide bonds. The maximum absolute atomic E-state index is 13.0. The molecule has 0 fully saturated rings. The van der Waals surface area contributed by atoms with E-state index in [-0.39, 0.29) is 36.7 Å². The van der Waals surface area contributed by atoms with Crippen molar-refractivity contribution < 1.29 is 28.8 Å². The van der Waals surface area contributed by atoms with Gasteiger partial charge in [0.25, 0.3) is 5.91 Å².